The Bertz CT molecular complexity index is 868. The second kappa shape index (κ2) is 5.65. The van der Waals surface area contributed by atoms with E-state index in [-0.39, 0.29) is 6.54 Å². The molecule has 0 aliphatic heterocycles. The summed E-state index contributed by atoms with van der Waals surface area (Å²) in [4.78, 5) is 22.1. The van der Waals surface area contributed by atoms with Crippen LogP contribution >= 0.6 is 0 Å². The van der Waals surface area contributed by atoms with Gasteiger partial charge in [-0.05, 0) is 18.2 Å². The predicted molar refractivity (Wildman–Crippen MR) is 80.0 cm³/mol. The van der Waals surface area contributed by atoms with Gasteiger partial charge in [-0.1, -0.05) is 18.2 Å². The molecule has 1 aromatic carbocycles. The first kappa shape index (κ1) is 13.7. The molecule has 0 spiro atoms. The number of para-hydroxylation sites is 1. The molecule has 22 heavy (non-hydrogen) atoms. The summed E-state index contributed by atoms with van der Waals surface area (Å²) in [7, 11) is 0. The average molecular weight is 296 g/mol. The van der Waals surface area contributed by atoms with E-state index in [0.717, 1.165) is 11.3 Å². The Morgan fingerprint density at radius 3 is 2.64 bits per heavy atom. The highest BCUT2D eigenvalue weighted by atomic mass is 16.6. The van der Waals surface area contributed by atoms with E-state index in [0.29, 0.717) is 0 Å². The second-order valence-corrected chi connectivity index (χ2v) is 4.71. The van der Waals surface area contributed by atoms with E-state index in [4.69, 9.17) is 0 Å². The standard InChI is InChI=1S/C15H12N4O3/c20-15-14(19(21)22)7-4-8-17(15)10-12-9-16-18(11-12)13-5-2-1-3-6-13/h1-9,11H,10H2. The highest BCUT2D eigenvalue weighted by molar-refractivity contribution is 5.31. The number of nitrogens with zero attached hydrogens (tertiary/aromatic N) is 4. The van der Waals surface area contributed by atoms with E-state index in [1.165, 1.54) is 22.9 Å². The van der Waals surface area contributed by atoms with E-state index in [2.05, 4.69) is 5.10 Å². The van der Waals surface area contributed by atoms with Gasteiger partial charge in [0.2, 0.25) is 0 Å². The molecule has 0 bridgehead atoms. The molecular weight excluding hydrogens is 284 g/mol. The van der Waals surface area contributed by atoms with Crippen molar-refractivity contribution in [3.63, 3.8) is 0 Å². The van der Waals surface area contributed by atoms with Gasteiger partial charge in [0, 0.05) is 24.0 Å². The van der Waals surface area contributed by atoms with Gasteiger partial charge in [-0.3, -0.25) is 14.9 Å². The number of nitro groups is 1. The Morgan fingerprint density at radius 1 is 1.14 bits per heavy atom. The van der Waals surface area contributed by atoms with Gasteiger partial charge in [-0.25, -0.2) is 4.68 Å². The number of rotatable bonds is 4. The van der Waals surface area contributed by atoms with Crippen LogP contribution in [0.25, 0.3) is 5.69 Å². The van der Waals surface area contributed by atoms with Crippen molar-refractivity contribution in [2.75, 3.05) is 0 Å². The summed E-state index contributed by atoms with van der Waals surface area (Å²) in [5, 5.41) is 15.0. The van der Waals surface area contributed by atoms with Crippen LogP contribution in [0.2, 0.25) is 0 Å². The van der Waals surface area contributed by atoms with Crippen molar-refractivity contribution >= 4 is 5.69 Å². The van der Waals surface area contributed by atoms with E-state index < -0.39 is 16.2 Å². The van der Waals surface area contributed by atoms with Crippen LogP contribution in [0.5, 0.6) is 0 Å². The van der Waals surface area contributed by atoms with Crippen molar-refractivity contribution < 1.29 is 4.92 Å². The van der Waals surface area contributed by atoms with E-state index in [1.807, 2.05) is 30.3 Å². The maximum absolute atomic E-state index is 12.0. The fourth-order valence-electron chi connectivity index (χ4n) is 2.15. The molecule has 0 N–H and O–H groups in total. The number of hydrogen-bond acceptors (Lipinski definition) is 4. The zero-order chi connectivity index (χ0) is 15.5. The van der Waals surface area contributed by atoms with Crippen molar-refractivity contribution in [3.05, 3.63) is 87.1 Å². The van der Waals surface area contributed by atoms with Crippen LogP contribution in [0.15, 0.2) is 65.8 Å². The Hall–Kier alpha value is -3.22. The number of pyridine rings is 1. The molecule has 2 aromatic heterocycles. The monoisotopic (exact) mass is 296 g/mol. The molecule has 0 saturated heterocycles. The first-order valence-electron chi connectivity index (χ1n) is 6.58. The SMILES string of the molecule is O=c1c([N+](=O)[O-])cccn1Cc1cnn(-c2ccccc2)c1. The third-order valence-electron chi connectivity index (χ3n) is 3.21. The Morgan fingerprint density at radius 2 is 1.91 bits per heavy atom. The van der Waals surface area contributed by atoms with Gasteiger partial charge in [0.25, 0.3) is 0 Å². The summed E-state index contributed by atoms with van der Waals surface area (Å²) in [6, 6.07) is 12.2. The zero-order valence-corrected chi connectivity index (χ0v) is 11.5. The largest absolute Gasteiger partial charge is 0.334 e. The molecule has 2 heterocycles. The maximum atomic E-state index is 12.0. The van der Waals surface area contributed by atoms with Gasteiger partial charge in [-0.15, -0.1) is 0 Å². The molecule has 0 radical (unpaired) electrons. The number of hydrogen-bond donors (Lipinski definition) is 0. The molecule has 0 aliphatic rings. The van der Waals surface area contributed by atoms with Gasteiger partial charge < -0.3 is 4.57 Å². The molecule has 0 amide bonds. The lowest BCUT2D eigenvalue weighted by atomic mass is 10.3. The minimum Gasteiger partial charge on any atom is -0.305 e. The molecule has 3 rings (SSSR count). The van der Waals surface area contributed by atoms with Crippen LogP contribution < -0.4 is 5.56 Å². The summed E-state index contributed by atoms with van der Waals surface area (Å²) in [6.07, 6.45) is 4.95. The Balaban J connectivity index is 1.89. The molecule has 0 unspecified atom stereocenters. The molecule has 0 aliphatic carbocycles. The van der Waals surface area contributed by atoms with E-state index >= 15 is 0 Å². The van der Waals surface area contributed by atoms with Crippen LogP contribution in [0, 0.1) is 10.1 Å². The van der Waals surface area contributed by atoms with Crippen LogP contribution in [0.1, 0.15) is 5.56 Å². The molecule has 0 atom stereocenters. The maximum Gasteiger partial charge on any atom is 0.334 e. The Labute approximate surface area is 125 Å². The zero-order valence-electron chi connectivity index (χ0n) is 11.5. The summed E-state index contributed by atoms with van der Waals surface area (Å²) in [5.74, 6) is 0. The number of aromatic nitrogens is 3. The molecule has 0 fully saturated rings. The molecule has 3 aromatic rings. The lowest BCUT2D eigenvalue weighted by Crippen LogP contribution is -2.22. The van der Waals surface area contributed by atoms with Crippen LogP contribution in [0.4, 0.5) is 5.69 Å². The van der Waals surface area contributed by atoms with Crippen molar-refractivity contribution in [3.8, 4) is 5.69 Å². The minimum absolute atomic E-state index is 0.230. The van der Waals surface area contributed by atoms with Crippen LogP contribution in [0.3, 0.4) is 0 Å². The lowest BCUT2D eigenvalue weighted by molar-refractivity contribution is -0.386. The summed E-state index contributed by atoms with van der Waals surface area (Å²) in [6.45, 7) is 0.230. The van der Waals surface area contributed by atoms with Crippen LogP contribution in [-0.4, -0.2) is 19.3 Å². The van der Waals surface area contributed by atoms with Gasteiger partial charge >= 0.3 is 11.2 Å². The van der Waals surface area contributed by atoms with Crippen molar-refractivity contribution in [1.29, 1.82) is 0 Å². The third-order valence-corrected chi connectivity index (χ3v) is 3.21. The summed E-state index contributed by atoms with van der Waals surface area (Å²) in [5.41, 5.74) is 0.629. The second-order valence-electron chi connectivity index (χ2n) is 4.71. The average Bonchev–Trinajstić information content (AvgIpc) is 2.98. The highest BCUT2D eigenvalue weighted by Gasteiger charge is 2.13. The number of benzene rings is 1. The fourth-order valence-corrected chi connectivity index (χ4v) is 2.15. The van der Waals surface area contributed by atoms with Gasteiger partial charge in [0.15, 0.2) is 0 Å². The molecule has 0 saturated carbocycles. The Kier molecular flexibility index (Phi) is 3.53. The lowest BCUT2D eigenvalue weighted by Gasteiger charge is -2.03. The normalized spacial score (nSPS) is 10.5. The van der Waals surface area contributed by atoms with Crippen LogP contribution in [-0.2, 0) is 6.54 Å². The quantitative estimate of drug-likeness (QED) is 0.544. The summed E-state index contributed by atoms with van der Waals surface area (Å²) < 4.78 is 2.99. The summed E-state index contributed by atoms with van der Waals surface area (Å²) >= 11 is 0. The van der Waals surface area contributed by atoms with Crippen molar-refractivity contribution in [2.24, 2.45) is 0 Å². The predicted octanol–water partition coefficient (Wildman–Crippen LogP) is 1.99. The van der Waals surface area contributed by atoms with Crippen molar-refractivity contribution in [2.45, 2.75) is 6.54 Å². The molecule has 7 nitrogen and oxygen atoms in total. The fraction of sp³-hybridized carbons (Fsp3) is 0.0667. The van der Waals surface area contributed by atoms with Crippen molar-refractivity contribution in [1.82, 2.24) is 14.3 Å². The van der Waals surface area contributed by atoms with Gasteiger partial charge in [-0.2, -0.15) is 5.10 Å². The topological polar surface area (TPSA) is 83.0 Å². The highest BCUT2D eigenvalue weighted by Crippen LogP contribution is 2.09. The van der Waals surface area contributed by atoms with Gasteiger partial charge in [0.1, 0.15) is 0 Å². The smallest absolute Gasteiger partial charge is 0.305 e. The van der Waals surface area contributed by atoms with Gasteiger partial charge in [0.05, 0.1) is 23.4 Å². The minimum atomic E-state index is -0.674. The first-order valence-corrected chi connectivity index (χ1v) is 6.58. The van der Waals surface area contributed by atoms with E-state index in [9.17, 15) is 14.9 Å². The van der Waals surface area contributed by atoms with E-state index in [1.54, 1.807) is 17.1 Å². The molecular formula is C15H12N4O3. The third kappa shape index (κ3) is 2.64. The molecule has 110 valence electrons. The molecule has 7 heteroatoms. The first-order chi connectivity index (χ1) is 10.6.